The van der Waals surface area contributed by atoms with Gasteiger partial charge in [-0.15, -0.1) is 0 Å². The Hall–Kier alpha value is -4.66. The zero-order valence-corrected chi connectivity index (χ0v) is 28.9. The molecule has 2 saturated heterocycles. The van der Waals surface area contributed by atoms with Gasteiger partial charge in [0.2, 0.25) is 0 Å². The summed E-state index contributed by atoms with van der Waals surface area (Å²) >= 11 is 6.74. The number of nitriles is 1. The summed E-state index contributed by atoms with van der Waals surface area (Å²) in [6.45, 7) is 10.8. The van der Waals surface area contributed by atoms with Gasteiger partial charge in [0.25, 0.3) is 5.91 Å². The Morgan fingerprint density at radius 1 is 1.10 bits per heavy atom. The highest BCUT2D eigenvalue weighted by atomic mass is 35.5. The average molecular weight is 680 g/mol. The fraction of sp³-hybridized carbons (Fsp3) is 0.432. The first-order chi connectivity index (χ1) is 23.8. The fourth-order valence-electron chi connectivity index (χ4n) is 7.47. The summed E-state index contributed by atoms with van der Waals surface area (Å²) in [5.41, 5.74) is 4.44. The van der Waals surface area contributed by atoms with E-state index in [1.807, 2.05) is 29.8 Å². The van der Waals surface area contributed by atoms with Gasteiger partial charge in [0, 0.05) is 60.6 Å². The van der Waals surface area contributed by atoms with Gasteiger partial charge in [-0.25, -0.2) is 4.98 Å². The van der Waals surface area contributed by atoms with Crippen molar-refractivity contribution in [2.45, 2.75) is 57.8 Å². The minimum atomic E-state index is -0.312. The molecule has 5 heterocycles. The number of hydrogen-bond donors (Lipinski definition) is 0. The second kappa shape index (κ2) is 14.1. The first kappa shape index (κ1) is 32.9. The SMILES string of the molecule is C=C(Cn1cnc(C)c1)C(=O)N1CCN(c2nc(OC[C@@H]3CCCN3C)nc3c2CCN(c2cccc4cccc(Cl)c24)C3)C[C@@H]1CC#N. The quantitative estimate of drug-likeness (QED) is 0.226. The van der Waals surface area contributed by atoms with E-state index in [0.717, 1.165) is 76.6 Å². The van der Waals surface area contributed by atoms with E-state index in [1.54, 1.807) is 11.2 Å². The summed E-state index contributed by atoms with van der Waals surface area (Å²) in [5, 5.41) is 12.7. The molecule has 254 valence electrons. The number of aromatic nitrogens is 4. The lowest BCUT2D eigenvalue weighted by molar-refractivity contribution is -0.129. The minimum Gasteiger partial charge on any atom is -0.462 e. The van der Waals surface area contributed by atoms with E-state index in [1.165, 1.54) is 0 Å². The van der Waals surface area contributed by atoms with Crippen molar-refractivity contribution in [3.8, 4) is 12.1 Å². The summed E-state index contributed by atoms with van der Waals surface area (Å²) in [6.07, 6.45) is 6.78. The molecular formula is C37H42ClN9O2. The number of aryl methyl sites for hydroxylation is 1. The van der Waals surface area contributed by atoms with Crippen molar-refractivity contribution < 1.29 is 9.53 Å². The van der Waals surface area contributed by atoms with E-state index in [4.69, 9.17) is 26.3 Å². The largest absolute Gasteiger partial charge is 0.462 e. The number of carbonyl (C=O) groups is 1. The zero-order chi connectivity index (χ0) is 34.1. The number of anilines is 2. The Morgan fingerprint density at radius 2 is 1.94 bits per heavy atom. The van der Waals surface area contributed by atoms with Crippen LogP contribution >= 0.6 is 11.6 Å². The third kappa shape index (κ3) is 6.80. The Labute approximate surface area is 292 Å². The Kier molecular flexibility index (Phi) is 9.43. The number of rotatable bonds is 9. The second-order valence-corrected chi connectivity index (χ2v) is 13.8. The predicted octanol–water partition coefficient (Wildman–Crippen LogP) is 5.01. The van der Waals surface area contributed by atoms with Crippen LogP contribution in [0.25, 0.3) is 10.8 Å². The smallest absolute Gasteiger partial charge is 0.318 e. The molecule has 1 amide bonds. The highest BCUT2D eigenvalue weighted by Gasteiger charge is 2.35. The van der Waals surface area contributed by atoms with Crippen molar-refractivity contribution in [2.24, 2.45) is 0 Å². The molecule has 0 spiro atoms. The number of nitrogens with zero attached hydrogens (tertiary/aromatic N) is 9. The molecule has 7 rings (SSSR count). The van der Waals surface area contributed by atoms with Crippen LogP contribution in [0.3, 0.4) is 0 Å². The van der Waals surface area contributed by atoms with Crippen LogP contribution < -0.4 is 14.5 Å². The molecular weight excluding hydrogens is 638 g/mol. The van der Waals surface area contributed by atoms with Crippen molar-refractivity contribution in [3.05, 3.63) is 83.0 Å². The molecule has 4 aromatic rings. The second-order valence-electron chi connectivity index (χ2n) is 13.4. The lowest BCUT2D eigenvalue weighted by Crippen LogP contribution is -2.56. The number of benzene rings is 2. The van der Waals surface area contributed by atoms with E-state index in [-0.39, 0.29) is 18.4 Å². The van der Waals surface area contributed by atoms with Crippen molar-refractivity contribution >= 4 is 39.8 Å². The van der Waals surface area contributed by atoms with Gasteiger partial charge in [0.1, 0.15) is 12.4 Å². The molecule has 0 saturated carbocycles. The first-order valence-corrected chi connectivity index (χ1v) is 17.4. The third-order valence-electron chi connectivity index (χ3n) is 10.1. The third-order valence-corrected chi connectivity index (χ3v) is 10.4. The van der Waals surface area contributed by atoms with Crippen LogP contribution in [0.1, 0.15) is 36.2 Å². The number of amides is 1. The van der Waals surface area contributed by atoms with Crippen LogP contribution in [0.15, 0.2) is 61.1 Å². The molecule has 49 heavy (non-hydrogen) atoms. The summed E-state index contributed by atoms with van der Waals surface area (Å²) in [5.74, 6) is 0.697. The van der Waals surface area contributed by atoms with Crippen LogP contribution in [0, 0.1) is 18.3 Å². The molecule has 0 unspecified atom stereocenters. The molecule has 2 aromatic carbocycles. The number of likely N-dealkylation sites (tertiary alicyclic amines) is 1. The van der Waals surface area contributed by atoms with Crippen LogP contribution in [0.4, 0.5) is 11.5 Å². The highest BCUT2D eigenvalue weighted by molar-refractivity contribution is 6.36. The van der Waals surface area contributed by atoms with Crippen molar-refractivity contribution in [1.82, 2.24) is 29.3 Å². The number of fused-ring (bicyclic) bond motifs is 2. The van der Waals surface area contributed by atoms with Crippen molar-refractivity contribution in [2.75, 3.05) is 56.2 Å². The maximum atomic E-state index is 13.7. The standard InChI is InChI=1S/C37H42ClN9O2/c1-25(19-44-20-26(2)40-24-44)36(48)47-18-17-46(21-28(47)12-14-39)35-30-13-16-45(33-11-5-8-27-7-4-10-31(38)34(27)33)22-32(30)41-37(42-35)49-23-29-9-6-15-43(29)3/h4-5,7-8,10-11,20,24,28-29H,1,6,9,12-13,15-19,21-23H2,2-3H3/t28-,29-/m0/s1. The van der Waals surface area contributed by atoms with Gasteiger partial charge < -0.3 is 28.9 Å². The Morgan fingerprint density at radius 3 is 2.69 bits per heavy atom. The normalized spacial score (nSPS) is 19.6. The molecule has 0 bridgehead atoms. The van der Waals surface area contributed by atoms with E-state index in [0.29, 0.717) is 57.0 Å². The predicted molar refractivity (Wildman–Crippen MR) is 191 cm³/mol. The molecule has 0 N–H and O–H groups in total. The van der Waals surface area contributed by atoms with E-state index in [2.05, 4.69) is 63.6 Å². The van der Waals surface area contributed by atoms with Gasteiger partial charge in [0.05, 0.1) is 54.4 Å². The Bertz CT molecular complexity index is 1910. The monoisotopic (exact) mass is 679 g/mol. The van der Waals surface area contributed by atoms with Gasteiger partial charge in [-0.1, -0.05) is 42.4 Å². The molecule has 0 radical (unpaired) electrons. The number of ether oxygens (including phenoxy) is 1. The molecule has 3 aliphatic rings. The summed E-state index contributed by atoms with van der Waals surface area (Å²) in [7, 11) is 2.13. The minimum absolute atomic E-state index is 0.134. The zero-order valence-electron chi connectivity index (χ0n) is 28.2. The topological polar surface area (TPSA) is 107 Å². The molecule has 2 atom stereocenters. The maximum Gasteiger partial charge on any atom is 0.318 e. The maximum absolute atomic E-state index is 13.7. The van der Waals surface area contributed by atoms with Crippen LogP contribution in [0.5, 0.6) is 6.01 Å². The number of hydrogen-bond acceptors (Lipinski definition) is 9. The molecule has 3 aliphatic heterocycles. The molecule has 2 aromatic heterocycles. The highest BCUT2D eigenvalue weighted by Crippen LogP contribution is 2.37. The van der Waals surface area contributed by atoms with Gasteiger partial charge in [-0.2, -0.15) is 15.2 Å². The van der Waals surface area contributed by atoms with E-state index >= 15 is 0 Å². The van der Waals surface area contributed by atoms with Gasteiger partial charge >= 0.3 is 6.01 Å². The molecule has 0 aliphatic carbocycles. The van der Waals surface area contributed by atoms with Gasteiger partial charge in [-0.05, 0) is 57.3 Å². The molecule has 12 heteroatoms. The number of carbonyl (C=O) groups excluding carboxylic acids is 1. The van der Waals surface area contributed by atoms with Crippen molar-refractivity contribution in [3.63, 3.8) is 0 Å². The first-order valence-electron chi connectivity index (χ1n) is 17.0. The molecule has 11 nitrogen and oxygen atoms in total. The van der Waals surface area contributed by atoms with E-state index < -0.39 is 0 Å². The average Bonchev–Trinajstić information content (AvgIpc) is 3.72. The molecule has 2 fully saturated rings. The lowest BCUT2D eigenvalue weighted by atomic mass is 10.0. The van der Waals surface area contributed by atoms with E-state index in [9.17, 15) is 10.1 Å². The fourth-order valence-corrected chi connectivity index (χ4v) is 7.74. The van der Waals surface area contributed by atoms with Gasteiger partial charge in [-0.3, -0.25) is 4.79 Å². The van der Waals surface area contributed by atoms with Crippen LogP contribution in [0.2, 0.25) is 5.02 Å². The number of halogens is 1. The summed E-state index contributed by atoms with van der Waals surface area (Å²) < 4.78 is 8.21. The Balaban J connectivity index is 1.17. The van der Waals surface area contributed by atoms with Gasteiger partial charge in [0.15, 0.2) is 0 Å². The number of piperazine rings is 1. The summed E-state index contributed by atoms with van der Waals surface area (Å²) in [6, 6.07) is 15.0. The summed E-state index contributed by atoms with van der Waals surface area (Å²) in [4.78, 5) is 36.6. The number of likely N-dealkylation sites (N-methyl/N-ethyl adjacent to an activating group) is 1. The van der Waals surface area contributed by atoms with Crippen molar-refractivity contribution in [1.29, 1.82) is 5.26 Å². The number of imidazole rings is 1. The lowest BCUT2D eigenvalue weighted by Gasteiger charge is -2.42. The van der Waals surface area contributed by atoms with Crippen LogP contribution in [-0.2, 0) is 24.3 Å². The van der Waals surface area contributed by atoms with Crippen LogP contribution in [-0.4, -0.2) is 93.7 Å².